The van der Waals surface area contributed by atoms with Gasteiger partial charge in [-0.2, -0.15) is 0 Å². The topological polar surface area (TPSA) is 86.7 Å². The van der Waals surface area contributed by atoms with Crippen LogP contribution in [0.2, 0.25) is 0 Å². The van der Waals surface area contributed by atoms with Crippen molar-refractivity contribution in [2.45, 2.75) is 6.42 Å². The van der Waals surface area contributed by atoms with Crippen LogP contribution in [0, 0.1) is 0 Å². The highest BCUT2D eigenvalue weighted by Gasteiger charge is 2.26. The molecule has 0 atom stereocenters. The fourth-order valence-corrected chi connectivity index (χ4v) is 0.915. The molecule has 1 heterocycles. The zero-order chi connectivity index (χ0) is 9.14. The van der Waals surface area contributed by atoms with E-state index >= 15 is 0 Å². The summed E-state index contributed by atoms with van der Waals surface area (Å²) in [5, 5.41) is 10.7. The molecule has 1 rings (SSSR count). The molecule has 2 N–H and O–H groups in total. The van der Waals surface area contributed by atoms with E-state index in [-0.39, 0.29) is 13.0 Å². The van der Waals surface area contributed by atoms with Crippen LogP contribution in [0.1, 0.15) is 6.42 Å². The van der Waals surface area contributed by atoms with Crippen molar-refractivity contribution in [3.63, 3.8) is 0 Å². The molecule has 6 heteroatoms. The first-order valence-electron chi connectivity index (χ1n) is 3.41. The molecule has 0 aliphatic carbocycles. The van der Waals surface area contributed by atoms with Crippen molar-refractivity contribution in [2.75, 3.05) is 13.1 Å². The van der Waals surface area contributed by atoms with Gasteiger partial charge in [-0.15, -0.1) is 0 Å². The zero-order valence-corrected chi connectivity index (χ0v) is 6.24. The van der Waals surface area contributed by atoms with Gasteiger partial charge in [0.1, 0.15) is 6.54 Å². The highest BCUT2D eigenvalue weighted by atomic mass is 16.4. The number of nitrogens with one attached hydrogen (secondary N) is 1. The molecule has 3 amide bonds. The zero-order valence-electron chi connectivity index (χ0n) is 6.24. The van der Waals surface area contributed by atoms with E-state index in [4.69, 9.17) is 5.11 Å². The number of carboxylic acids is 1. The van der Waals surface area contributed by atoms with Gasteiger partial charge in [0.15, 0.2) is 0 Å². The summed E-state index contributed by atoms with van der Waals surface area (Å²) in [5.74, 6) is -1.64. The molecule has 1 saturated heterocycles. The molecule has 0 aromatic heterocycles. The lowest BCUT2D eigenvalue weighted by Gasteiger charge is -2.23. The van der Waals surface area contributed by atoms with Gasteiger partial charge in [-0.3, -0.25) is 14.5 Å². The first-order valence-corrected chi connectivity index (χ1v) is 3.41. The van der Waals surface area contributed by atoms with Crippen molar-refractivity contribution < 1.29 is 19.5 Å². The quantitative estimate of drug-likeness (QED) is 0.560. The van der Waals surface area contributed by atoms with Gasteiger partial charge in [-0.25, -0.2) is 4.79 Å². The smallest absolute Gasteiger partial charge is 0.324 e. The van der Waals surface area contributed by atoms with Gasteiger partial charge in [-0.1, -0.05) is 0 Å². The molecule has 1 aliphatic heterocycles. The van der Waals surface area contributed by atoms with Gasteiger partial charge in [0.2, 0.25) is 5.91 Å². The van der Waals surface area contributed by atoms with Crippen molar-refractivity contribution in [1.82, 2.24) is 10.2 Å². The summed E-state index contributed by atoms with van der Waals surface area (Å²) < 4.78 is 0. The van der Waals surface area contributed by atoms with Crippen molar-refractivity contribution >= 4 is 17.9 Å². The molecule has 0 unspecified atom stereocenters. The highest BCUT2D eigenvalue weighted by molar-refractivity contribution is 5.99. The Balaban J connectivity index is 2.63. The Kier molecular flexibility index (Phi) is 2.27. The Labute approximate surface area is 68.1 Å². The summed E-state index contributed by atoms with van der Waals surface area (Å²) in [6.45, 7) is -0.279. The van der Waals surface area contributed by atoms with Gasteiger partial charge in [0.25, 0.3) is 0 Å². The van der Waals surface area contributed by atoms with Crippen molar-refractivity contribution in [1.29, 1.82) is 0 Å². The largest absolute Gasteiger partial charge is 0.480 e. The number of carboxylic acid groups (broad SMARTS) is 1. The minimum Gasteiger partial charge on any atom is -0.480 e. The van der Waals surface area contributed by atoms with Crippen LogP contribution >= 0.6 is 0 Å². The van der Waals surface area contributed by atoms with Gasteiger partial charge >= 0.3 is 12.0 Å². The molecule has 6 nitrogen and oxygen atoms in total. The van der Waals surface area contributed by atoms with Crippen LogP contribution in [0.25, 0.3) is 0 Å². The van der Waals surface area contributed by atoms with Gasteiger partial charge < -0.3 is 10.4 Å². The second kappa shape index (κ2) is 3.21. The predicted octanol–water partition coefficient (Wildman–Crippen LogP) is -0.987. The Morgan fingerprint density at radius 1 is 1.58 bits per heavy atom. The standard InChI is InChI=1S/C6H8N2O4/c9-4-1-2-7-6(12)8(4)3-5(10)11/h1-3H2,(H,7,12)(H,10,11). The third-order valence-corrected chi connectivity index (χ3v) is 1.45. The Morgan fingerprint density at radius 2 is 2.25 bits per heavy atom. The Bertz CT molecular complexity index is 222. The lowest BCUT2D eigenvalue weighted by Crippen LogP contribution is -2.51. The summed E-state index contributed by atoms with van der Waals surface area (Å²) in [7, 11) is 0. The number of carbonyl (C=O) groups excluding carboxylic acids is 2. The van der Waals surface area contributed by atoms with Crippen LogP contribution in [0.5, 0.6) is 0 Å². The molecule has 0 aromatic rings. The highest BCUT2D eigenvalue weighted by Crippen LogP contribution is 2.00. The molecule has 0 bridgehead atoms. The van der Waals surface area contributed by atoms with Gasteiger partial charge in [0, 0.05) is 13.0 Å². The third-order valence-electron chi connectivity index (χ3n) is 1.45. The number of carbonyl (C=O) groups is 3. The molecule has 1 fully saturated rings. The Hall–Kier alpha value is -1.59. The molecule has 0 saturated carbocycles. The lowest BCUT2D eigenvalue weighted by molar-refractivity contribution is -0.142. The van der Waals surface area contributed by atoms with Crippen LogP contribution < -0.4 is 5.32 Å². The van der Waals surface area contributed by atoms with Crippen LogP contribution in [-0.4, -0.2) is 41.0 Å². The summed E-state index contributed by atoms with van der Waals surface area (Å²) in [6, 6.07) is -0.631. The normalized spacial score (nSPS) is 17.5. The van der Waals surface area contributed by atoms with Crippen LogP contribution in [0.3, 0.4) is 0 Å². The molecular formula is C6H8N2O4. The number of nitrogens with zero attached hydrogens (tertiary/aromatic N) is 1. The number of hydrogen-bond acceptors (Lipinski definition) is 3. The maximum atomic E-state index is 10.9. The average Bonchev–Trinajstić information content (AvgIpc) is 1.97. The van der Waals surface area contributed by atoms with E-state index in [0.717, 1.165) is 0 Å². The lowest BCUT2D eigenvalue weighted by atomic mass is 10.3. The molecule has 66 valence electrons. The van der Waals surface area contributed by atoms with E-state index in [0.29, 0.717) is 4.90 Å². The predicted molar refractivity (Wildman–Crippen MR) is 37.4 cm³/mol. The van der Waals surface area contributed by atoms with Crippen molar-refractivity contribution in [3.05, 3.63) is 0 Å². The monoisotopic (exact) mass is 172 g/mol. The van der Waals surface area contributed by atoms with E-state index in [9.17, 15) is 14.4 Å². The molecule has 1 aliphatic rings. The van der Waals surface area contributed by atoms with Gasteiger partial charge in [0.05, 0.1) is 0 Å². The second-order valence-corrected chi connectivity index (χ2v) is 2.36. The Morgan fingerprint density at radius 3 is 2.75 bits per heavy atom. The number of rotatable bonds is 2. The SMILES string of the molecule is O=C(O)CN1C(=O)CCNC1=O. The van der Waals surface area contributed by atoms with Crippen LogP contribution in [0.15, 0.2) is 0 Å². The number of hydrogen-bond donors (Lipinski definition) is 2. The number of amides is 3. The van der Waals surface area contributed by atoms with Crippen molar-refractivity contribution in [3.8, 4) is 0 Å². The molecule has 12 heavy (non-hydrogen) atoms. The maximum Gasteiger partial charge on any atom is 0.324 e. The second-order valence-electron chi connectivity index (χ2n) is 2.36. The minimum absolute atomic E-state index is 0.166. The summed E-state index contributed by atoms with van der Waals surface area (Å²) in [5.41, 5.74) is 0. The first-order chi connectivity index (χ1) is 5.61. The first kappa shape index (κ1) is 8.51. The van der Waals surface area contributed by atoms with Crippen molar-refractivity contribution in [2.24, 2.45) is 0 Å². The van der Waals surface area contributed by atoms with E-state index in [1.54, 1.807) is 0 Å². The maximum absolute atomic E-state index is 10.9. The van der Waals surface area contributed by atoms with Gasteiger partial charge in [-0.05, 0) is 0 Å². The molecular weight excluding hydrogens is 164 g/mol. The van der Waals surface area contributed by atoms with Crippen LogP contribution in [0.4, 0.5) is 4.79 Å². The van der Waals surface area contributed by atoms with E-state index < -0.39 is 24.5 Å². The summed E-state index contributed by atoms with van der Waals surface area (Å²) in [6.07, 6.45) is 0.166. The molecule has 0 aromatic carbocycles. The fourth-order valence-electron chi connectivity index (χ4n) is 0.915. The average molecular weight is 172 g/mol. The number of imide groups is 1. The van der Waals surface area contributed by atoms with E-state index in [1.807, 2.05) is 0 Å². The minimum atomic E-state index is -1.19. The number of urea groups is 1. The summed E-state index contributed by atoms with van der Waals surface area (Å²) in [4.78, 5) is 32.7. The number of aliphatic carboxylic acids is 1. The molecule has 0 radical (unpaired) electrons. The third kappa shape index (κ3) is 1.71. The van der Waals surface area contributed by atoms with E-state index in [1.165, 1.54) is 0 Å². The summed E-state index contributed by atoms with van der Waals surface area (Å²) >= 11 is 0. The molecule has 0 spiro atoms. The van der Waals surface area contributed by atoms with Crippen LogP contribution in [-0.2, 0) is 9.59 Å². The fraction of sp³-hybridized carbons (Fsp3) is 0.500. The van der Waals surface area contributed by atoms with E-state index in [2.05, 4.69) is 5.32 Å².